The molecule has 16 nitrogen and oxygen atoms in total. The van der Waals surface area contributed by atoms with Crippen LogP contribution in [0.3, 0.4) is 0 Å². The van der Waals surface area contributed by atoms with Crippen molar-refractivity contribution in [2.45, 2.75) is 50.0 Å². The molecular formula is C20H66N16. The van der Waals surface area contributed by atoms with Crippen LogP contribution in [0, 0.1) is 5.41 Å². The van der Waals surface area contributed by atoms with Crippen molar-refractivity contribution >= 4 is 0 Å². The van der Waals surface area contributed by atoms with E-state index >= 15 is 0 Å². The molecule has 0 aliphatic heterocycles. The standard InChI is InChI=1S/C5H16N4.2C4H14N4.C4H12N2.C3H10N2/c6-1-5(2-7,3-8)4-9;5-1-4(8,2-6)3-7;5-1-3(7)4(8)2-6;1-4(2,6)3-5;1-3(5)2-4/h1-4,6-9H2;1-3,5-8H2;3-4H,1-2,5-8H2;3,5-6H2,1-2H3;3H,2,4-5H2,1H3. The van der Waals surface area contributed by atoms with Crippen LogP contribution in [0.1, 0.15) is 20.8 Å². The minimum Gasteiger partial charge on any atom is -0.330 e. The van der Waals surface area contributed by atoms with Gasteiger partial charge in [-0.15, -0.1) is 0 Å². The number of nitrogens with two attached hydrogens (primary N) is 16. The fraction of sp³-hybridized carbons (Fsp3) is 1.00. The lowest BCUT2D eigenvalue weighted by Crippen LogP contribution is -2.58. The third kappa shape index (κ3) is 31.4. The highest BCUT2D eigenvalue weighted by atomic mass is 14.9. The van der Waals surface area contributed by atoms with Gasteiger partial charge in [0, 0.05) is 101 Å². The molecule has 0 saturated heterocycles. The number of hydrogen-bond acceptors (Lipinski definition) is 16. The van der Waals surface area contributed by atoms with Gasteiger partial charge in [0.05, 0.1) is 5.54 Å². The largest absolute Gasteiger partial charge is 0.330 e. The molecule has 0 aliphatic carbocycles. The lowest BCUT2D eigenvalue weighted by molar-refractivity contribution is 0.333. The smallest absolute Gasteiger partial charge is 0.0526 e. The van der Waals surface area contributed by atoms with Crippen molar-refractivity contribution in [1.82, 2.24) is 0 Å². The molecule has 0 heterocycles. The Morgan fingerprint density at radius 2 is 0.694 bits per heavy atom. The lowest BCUT2D eigenvalue weighted by atomic mass is 9.89. The molecule has 0 fully saturated rings. The van der Waals surface area contributed by atoms with Gasteiger partial charge in [0.25, 0.3) is 0 Å². The molecule has 0 rings (SSSR count). The molecular weight excluding hydrogens is 464 g/mol. The number of hydrogen-bond donors (Lipinski definition) is 16. The summed E-state index contributed by atoms with van der Waals surface area (Å²) in [5.74, 6) is 0. The molecule has 3 atom stereocenters. The van der Waals surface area contributed by atoms with Crippen LogP contribution in [-0.2, 0) is 0 Å². The average molecular weight is 531 g/mol. The maximum Gasteiger partial charge on any atom is 0.0526 e. The summed E-state index contributed by atoms with van der Waals surface area (Å²) in [6.45, 7) is 10.5. The second kappa shape index (κ2) is 27.4. The Balaban J connectivity index is -0.000000113. The highest BCUT2D eigenvalue weighted by Gasteiger charge is 2.22. The van der Waals surface area contributed by atoms with E-state index in [0.717, 1.165) is 0 Å². The topological polar surface area (TPSA) is 416 Å². The predicted molar refractivity (Wildman–Crippen MR) is 157 cm³/mol. The Morgan fingerprint density at radius 1 is 0.472 bits per heavy atom. The van der Waals surface area contributed by atoms with Gasteiger partial charge in [0.15, 0.2) is 0 Å². The number of rotatable bonds is 12. The summed E-state index contributed by atoms with van der Waals surface area (Å²) in [5.41, 5.74) is 83.9. The van der Waals surface area contributed by atoms with Gasteiger partial charge >= 0.3 is 0 Å². The molecule has 0 aliphatic rings. The SMILES string of the molecule is CC(C)(N)CN.CC(N)CN.NCC(CN)(CN)CN.NCC(N)(CN)CN.NCC(N)C(N)CN. The van der Waals surface area contributed by atoms with Gasteiger partial charge in [-0.1, -0.05) is 0 Å². The summed E-state index contributed by atoms with van der Waals surface area (Å²) in [6.07, 6.45) is 0. The Hall–Kier alpha value is -0.640. The van der Waals surface area contributed by atoms with Crippen LogP contribution in [-0.4, -0.2) is 101 Å². The summed E-state index contributed by atoms with van der Waals surface area (Å²) in [7, 11) is 0. The molecule has 0 radical (unpaired) electrons. The van der Waals surface area contributed by atoms with Crippen LogP contribution in [0.2, 0.25) is 0 Å². The van der Waals surface area contributed by atoms with E-state index in [1.54, 1.807) is 0 Å². The van der Waals surface area contributed by atoms with Crippen LogP contribution < -0.4 is 91.7 Å². The first-order valence-corrected chi connectivity index (χ1v) is 12.0. The van der Waals surface area contributed by atoms with E-state index in [1.807, 2.05) is 20.8 Å². The zero-order valence-corrected chi connectivity index (χ0v) is 23.2. The Labute approximate surface area is 219 Å². The zero-order valence-electron chi connectivity index (χ0n) is 23.2. The average Bonchev–Trinajstić information content (AvgIpc) is 2.89. The second-order valence-electron chi connectivity index (χ2n) is 9.50. The molecule has 3 unspecified atom stereocenters. The summed E-state index contributed by atoms with van der Waals surface area (Å²) in [5, 5.41) is 0. The summed E-state index contributed by atoms with van der Waals surface area (Å²) < 4.78 is 0. The minimum atomic E-state index is -0.542. The van der Waals surface area contributed by atoms with Crippen LogP contribution >= 0.6 is 0 Å². The van der Waals surface area contributed by atoms with E-state index in [9.17, 15) is 0 Å². The van der Waals surface area contributed by atoms with Gasteiger partial charge < -0.3 is 91.7 Å². The summed E-state index contributed by atoms with van der Waals surface area (Å²) >= 11 is 0. The Kier molecular flexibility index (Phi) is 34.5. The monoisotopic (exact) mass is 531 g/mol. The molecule has 0 saturated carbocycles. The van der Waals surface area contributed by atoms with Crippen molar-refractivity contribution in [1.29, 1.82) is 0 Å². The summed E-state index contributed by atoms with van der Waals surface area (Å²) in [6, 6.07) is -0.144. The van der Waals surface area contributed by atoms with E-state index in [-0.39, 0.29) is 29.1 Å². The predicted octanol–water partition coefficient (Wildman–Crippen LogP) is -8.10. The first-order chi connectivity index (χ1) is 16.5. The van der Waals surface area contributed by atoms with Gasteiger partial charge in [-0.3, -0.25) is 0 Å². The second-order valence-corrected chi connectivity index (χ2v) is 9.50. The maximum atomic E-state index is 5.52. The third-order valence-electron chi connectivity index (χ3n) is 4.94. The first kappa shape index (κ1) is 45.3. The molecule has 36 heavy (non-hydrogen) atoms. The molecule has 0 aromatic heterocycles. The normalized spacial score (nSPS) is 13.8. The van der Waals surface area contributed by atoms with Gasteiger partial charge in [-0.2, -0.15) is 0 Å². The van der Waals surface area contributed by atoms with Crippen molar-refractivity contribution in [3.8, 4) is 0 Å². The van der Waals surface area contributed by atoms with Crippen LogP contribution in [0.25, 0.3) is 0 Å². The van der Waals surface area contributed by atoms with Crippen molar-refractivity contribution < 1.29 is 0 Å². The maximum absolute atomic E-state index is 5.52. The van der Waals surface area contributed by atoms with Gasteiger partial charge in [0.2, 0.25) is 0 Å². The molecule has 32 N–H and O–H groups in total. The Morgan fingerprint density at radius 3 is 0.722 bits per heavy atom. The van der Waals surface area contributed by atoms with Gasteiger partial charge in [0.1, 0.15) is 0 Å². The highest BCUT2D eigenvalue weighted by Crippen LogP contribution is 2.07. The van der Waals surface area contributed by atoms with Crippen molar-refractivity contribution in [3.05, 3.63) is 0 Å². The van der Waals surface area contributed by atoms with Crippen molar-refractivity contribution in [3.63, 3.8) is 0 Å². The molecule has 16 heteroatoms. The minimum absolute atomic E-state index is 0.153. The Bertz CT molecular complexity index is 377. The van der Waals surface area contributed by atoms with Crippen LogP contribution in [0.5, 0.6) is 0 Å². The molecule has 0 aromatic rings. The van der Waals surface area contributed by atoms with Gasteiger partial charge in [-0.25, -0.2) is 0 Å². The first-order valence-electron chi connectivity index (χ1n) is 12.0. The highest BCUT2D eigenvalue weighted by molar-refractivity contribution is 4.86. The molecule has 0 aromatic carbocycles. The molecule has 226 valence electrons. The van der Waals surface area contributed by atoms with Gasteiger partial charge in [-0.05, 0) is 20.8 Å². The third-order valence-corrected chi connectivity index (χ3v) is 4.94. The summed E-state index contributed by atoms with van der Waals surface area (Å²) in [4.78, 5) is 0. The molecule has 0 bridgehead atoms. The van der Waals surface area contributed by atoms with E-state index in [2.05, 4.69) is 0 Å². The van der Waals surface area contributed by atoms with E-state index in [1.165, 1.54) is 0 Å². The van der Waals surface area contributed by atoms with Crippen molar-refractivity contribution in [2.75, 3.05) is 72.0 Å². The quantitative estimate of drug-likeness (QED) is 0.111. The zero-order chi connectivity index (χ0) is 30.0. The molecule has 0 amide bonds. The van der Waals surface area contributed by atoms with E-state index < -0.39 is 5.54 Å². The van der Waals surface area contributed by atoms with Crippen LogP contribution in [0.4, 0.5) is 0 Å². The fourth-order valence-corrected chi connectivity index (χ4v) is 1.10. The van der Waals surface area contributed by atoms with Crippen LogP contribution in [0.15, 0.2) is 0 Å². The molecule has 0 spiro atoms. The van der Waals surface area contributed by atoms with E-state index in [4.69, 9.17) is 91.7 Å². The van der Waals surface area contributed by atoms with E-state index in [0.29, 0.717) is 72.0 Å². The van der Waals surface area contributed by atoms with Crippen molar-refractivity contribution in [2.24, 2.45) is 97.2 Å². The fourth-order valence-electron chi connectivity index (χ4n) is 1.10. The lowest BCUT2D eigenvalue weighted by Gasteiger charge is -2.26.